The van der Waals surface area contributed by atoms with Gasteiger partial charge in [0.2, 0.25) is 0 Å². The Balaban J connectivity index is 2.55. The van der Waals surface area contributed by atoms with Gasteiger partial charge in [0.05, 0.1) is 0 Å². The highest BCUT2D eigenvalue weighted by molar-refractivity contribution is 5.23. The second-order valence-corrected chi connectivity index (χ2v) is 5.38. The first-order valence-electron chi connectivity index (χ1n) is 6.49. The first-order valence-corrected chi connectivity index (χ1v) is 6.49. The van der Waals surface area contributed by atoms with E-state index in [2.05, 4.69) is 44.8 Å². The molecule has 1 heteroatoms. The van der Waals surface area contributed by atoms with Gasteiger partial charge in [-0.25, -0.2) is 0 Å². The Bertz CT molecular complexity index is 315. The summed E-state index contributed by atoms with van der Waals surface area (Å²) in [4.78, 5) is 4.26. The number of aryl methyl sites for hydroxylation is 1. The Morgan fingerprint density at radius 2 is 1.94 bits per heavy atom. The van der Waals surface area contributed by atoms with Crippen LogP contribution in [0.5, 0.6) is 0 Å². The molecule has 0 atom stereocenters. The van der Waals surface area contributed by atoms with Gasteiger partial charge >= 0.3 is 0 Å². The van der Waals surface area contributed by atoms with Crippen LogP contribution in [0, 0.1) is 6.92 Å². The summed E-state index contributed by atoms with van der Waals surface area (Å²) in [5, 5.41) is 0. The zero-order chi connectivity index (χ0) is 12.0. The van der Waals surface area contributed by atoms with E-state index in [4.69, 9.17) is 0 Å². The van der Waals surface area contributed by atoms with Gasteiger partial charge in [-0.15, -0.1) is 0 Å². The summed E-state index contributed by atoms with van der Waals surface area (Å²) in [6.07, 6.45) is 8.58. The summed E-state index contributed by atoms with van der Waals surface area (Å²) in [7, 11) is 0. The number of nitrogens with zero attached hydrogens (tertiary/aromatic N) is 1. The van der Waals surface area contributed by atoms with E-state index in [1.807, 2.05) is 6.20 Å². The van der Waals surface area contributed by atoms with Crippen LogP contribution in [0.3, 0.4) is 0 Å². The van der Waals surface area contributed by atoms with Crippen molar-refractivity contribution in [3.63, 3.8) is 0 Å². The molecule has 16 heavy (non-hydrogen) atoms. The van der Waals surface area contributed by atoms with Crippen LogP contribution in [-0.2, 0) is 5.41 Å². The van der Waals surface area contributed by atoms with Gasteiger partial charge < -0.3 is 0 Å². The lowest BCUT2D eigenvalue weighted by Gasteiger charge is -2.25. The van der Waals surface area contributed by atoms with Gasteiger partial charge in [0, 0.05) is 11.9 Å². The minimum absolute atomic E-state index is 0.293. The zero-order valence-electron chi connectivity index (χ0n) is 11.2. The maximum absolute atomic E-state index is 4.26. The minimum Gasteiger partial charge on any atom is -0.262 e. The van der Waals surface area contributed by atoms with Crippen molar-refractivity contribution in [1.29, 1.82) is 0 Å². The third-order valence-corrected chi connectivity index (χ3v) is 3.33. The molecule has 0 saturated heterocycles. The summed E-state index contributed by atoms with van der Waals surface area (Å²) in [5.74, 6) is 0. The van der Waals surface area contributed by atoms with Gasteiger partial charge in [0.15, 0.2) is 0 Å². The molecular formula is C15H25N. The molecule has 0 amide bonds. The van der Waals surface area contributed by atoms with Crippen molar-refractivity contribution in [2.75, 3.05) is 0 Å². The van der Waals surface area contributed by atoms with Crippen LogP contribution in [0.15, 0.2) is 18.3 Å². The number of hydrogen-bond donors (Lipinski definition) is 0. The molecule has 1 nitrogen and oxygen atoms in total. The highest BCUT2D eigenvalue weighted by Gasteiger charge is 2.19. The summed E-state index contributed by atoms with van der Waals surface area (Å²) in [6.45, 7) is 9.01. The van der Waals surface area contributed by atoms with Gasteiger partial charge in [0.1, 0.15) is 0 Å². The van der Waals surface area contributed by atoms with Crippen molar-refractivity contribution in [3.8, 4) is 0 Å². The fraction of sp³-hybridized carbons (Fsp3) is 0.667. The predicted molar refractivity (Wildman–Crippen MR) is 70.8 cm³/mol. The molecule has 0 aromatic carbocycles. The number of hydrogen-bond acceptors (Lipinski definition) is 1. The maximum Gasteiger partial charge on any atom is 0.0375 e. The fourth-order valence-corrected chi connectivity index (χ4v) is 2.10. The van der Waals surface area contributed by atoms with Crippen molar-refractivity contribution in [2.24, 2.45) is 0 Å². The lowest BCUT2D eigenvalue weighted by molar-refractivity contribution is 0.445. The lowest BCUT2D eigenvalue weighted by Crippen LogP contribution is -2.17. The van der Waals surface area contributed by atoms with Crippen molar-refractivity contribution < 1.29 is 0 Å². The largest absolute Gasteiger partial charge is 0.262 e. The maximum atomic E-state index is 4.26. The van der Waals surface area contributed by atoms with Crippen LogP contribution in [0.25, 0.3) is 0 Å². The standard InChI is InChI=1S/C15H25N/c1-5-6-7-8-10-15(3,4)14-9-11-16-13(2)12-14/h9,11-12H,5-8,10H2,1-4H3. The van der Waals surface area contributed by atoms with Crippen LogP contribution in [0.1, 0.15) is 64.1 Å². The Kier molecular flexibility index (Phi) is 4.98. The van der Waals surface area contributed by atoms with Gasteiger partial charge in [0.25, 0.3) is 0 Å². The second kappa shape index (κ2) is 6.03. The highest BCUT2D eigenvalue weighted by Crippen LogP contribution is 2.29. The summed E-state index contributed by atoms with van der Waals surface area (Å²) in [5.41, 5.74) is 2.84. The fourth-order valence-electron chi connectivity index (χ4n) is 2.10. The molecule has 1 aromatic rings. The number of aromatic nitrogens is 1. The highest BCUT2D eigenvalue weighted by atomic mass is 14.6. The molecule has 0 aliphatic carbocycles. The van der Waals surface area contributed by atoms with E-state index in [9.17, 15) is 0 Å². The first kappa shape index (κ1) is 13.2. The molecule has 1 rings (SSSR count). The van der Waals surface area contributed by atoms with Crippen molar-refractivity contribution in [2.45, 2.75) is 65.2 Å². The van der Waals surface area contributed by atoms with Crippen LogP contribution in [0.2, 0.25) is 0 Å². The molecule has 1 heterocycles. The molecular weight excluding hydrogens is 194 g/mol. The monoisotopic (exact) mass is 219 g/mol. The van der Waals surface area contributed by atoms with Crippen molar-refractivity contribution in [1.82, 2.24) is 4.98 Å². The summed E-state index contributed by atoms with van der Waals surface area (Å²) >= 11 is 0. The first-order chi connectivity index (χ1) is 7.56. The van der Waals surface area contributed by atoms with Gasteiger partial charge in [-0.1, -0.05) is 46.5 Å². The Labute approximate surface area is 100 Å². The third-order valence-electron chi connectivity index (χ3n) is 3.33. The lowest BCUT2D eigenvalue weighted by atomic mass is 9.80. The van der Waals surface area contributed by atoms with Gasteiger partial charge in [-0.05, 0) is 36.5 Å². The zero-order valence-corrected chi connectivity index (χ0v) is 11.2. The summed E-state index contributed by atoms with van der Waals surface area (Å²) < 4.78 is 0. The molecule has 0 saturated carbocycles. The van der Waals surface area contributed by atoms with E-state index in [1.165, 1.54) is 37.7 Å². The molecule has 90 valence electrons. The van der Waals surface area contributed by atoms with Crippen LogP contribution >= 0.6 is 0 Å². The number of pyridine rings is 1. The van der Waals surface area contributed by atoms with Crippen LogP contribution < -0.4 is 0 Å². The van der Waals surface area contributed by atoms with Crippen LogP contribution in [0.4, 0.5) is 0 Å². The van der Waals surface area contributed by atoms with Gasteiger partial charge in [-0.2, -0.15) is 0 Å². The predicted octanol–water partition coefficient (Wildman–Crippen LogP) is 4.64. The van der Waals surface area contributed by atoms with Gasteiger partial charge in [-0.3, -0.25) is 4.98 Å². The molecule has 0 aliphatic rings. The molecule has 0 aliphatic heterocycles. The summed E-state index contributed by atoms with van der Waals surface area (Å²) in [6, 6.07) is 4.38. The normalized spacial score (nSPS) is 11.8. The van der Waals surface area contributed by atoms with E-state index in [-0.39, 0.29) is 0 Å². The molecule has 0 unspecified atom stereocenters. The SMILES string of the molecule is CCCCCCC(C)(C)c1ccnc(C)c1. The Morgan fingerprint density at radius 3 is 2.56 bits per heavy atom. The average Bonchev–Trinajstić information content (AvgIpc) is 2.24. The van der Waals surface area contributed by atoms with Crippen LogP contribution in [-0.4, -0.2) is 4.98 Å². The molecule has 0 fully saturated rings. The quantitative estimate of drug-likeness (QED) is 0.635. The van der Waals surface area contributed by atoms with E-state index < -0.39 is 0 Å². The molecule has 0 N–H and O–H groups in total. The second-order valence-electron chi connectivity index (χ2n) is 5.38. The molecule has 0 bridgehead atoms. The van der Waals surface area contributed by atoms with E-state index >= 15 is 0 Å². The van der Waals surface area contributed by atoms with E-state index in [0.717, 1.165) is 5.69 Å². The van der Waals surface area contributed by atoms with E-state index in [0.29, 0.717) is 5.41 Å². The van der Waals surface area contributed by atoms with Crippen molar-refractivity contribution >= 4 is 0 Å². The number of unbranched alkanes of at least 4 members (excludes halogenated alkanes) is 3. The Hall–Kier alpha value is -0.850. The Morgan fingerprint density at radius 1 is 1.19 bits per heavy atom. The topological polar surface area (TPSA) is 12.9 Å². The minimum atomic E-state index is 0.293. The smallest absolute Gasteiger partial charge is 0.0375 e. The van der Waals surface area contributed by atoms with E-state index in [1.54, 1.807) is 0 Å². The molecule has 0 spiro atoms. The molecule has 0 radical (unpaired) electrons. The van der Waals surface area contributed by atoms with Crippen molar-refractivity contribution in [3.05, 3.63) is 29.6 Å². The molecule has 1 aromatic heterocycles. The number of rotatable bonds is 6. The average molecular weight is 219 g/mol. The third kappa shape index (κ3) is 3.96.